The molecule has 0 saturated carbocycles. The molecule has 0 unspecified atom stereocenters. The zero-order valence-electron chi connectivity index (χ0n) is 9.67. The van der Waals surface area contributed by atoms with E-state index in [2.05, 4.69) is 15.6 Å². The fourth-order valence-electron chi connectivity index (χ4n) is 1.30. The average molecular weight is 263 g/mol. The Balaban J connectivity index is 2.14. The van der Waals surface area contributed by atoms with E-state index in [9.17, 15) is 4.79 Å². The Morgan fingerprint density at radius 3 is 2.83 bits per heavy atom. The summed E-state index contributed by atoms with van der Waals surface area (Å²) < 4.78 is 1.16. The van der Waals surface area contributed by atoms with Gasteiger partial charge in [0.15, 0.2) is 0 Å². The summed E-state index contributed by atoms with van der Waals surface area (Å²) in [7, 11) is 1.53. The molecule has 1 aromatic heterocycles. The molecule has 5 nitrogen and oxygen atoms in total. The minimum absolute atomic E-state index is 0.0673. The number of hydrogen-bond acceptors (Lipinski definition) is 4. The zero-order chi connectivity index (χ0) is 13.0. The van der Waals surface area contributed by atoms with Gasteiger partial charge in [-0.05, 0) is 5.56 Å². The lowest BCUT2D eigenvalue weighted by atomic mass is 10.2. The normalized spacial score (nSPS) is 10.8. The predicted octanol–water partition coefficient (Wildman–Crippen LogP) is 1.88. The third-order valence-electron chi connectivity index (χ3n) is 2.28. The number of hydrogen-bond donors (Lipinski definition) is 1. The lowest BCUT2D eigenvalue weighted by Gasteiger charge is -2.03. The predicted molar refractivity (Wildman–Crippen MR) is 72.1 cm³/mol. The third kappa shape index (κ3) is 2.75. The molecule has 0 atom stereocenters. The molecule has 2 rings (SSSR count). The SMILES string of the molecule is Cn1ncc(NN=Cc2ccccc2)c(Cl)c1=O. The standard InChI is InChI=1S/C12H11ClN4O/c1-17-12(18)11(13)10(8-15-17)16-14-7-9-5-3-2-4-6-9/h2-8,16H,1H3. The first-order valence-corrected chi connectivity index (χ1v) is 5.62. The third-order valence-corrected chi connectivity index (χ3v) is 2.64. The summed E-state index contributed by atoms with van der Waals surface area (Å²) in [6.07, 6.45) is 3.08. The Kier molecular flexibility index (Phi) is 3.74. The Morgan fingerprint density at radius 1 is 1.39 bits per heavy atom. The monoisotopic (exact) mass is 262 g/mol. The van der Waals surface area contributed by atoms with Crippen LogP contribution in [-0.2, 0) is 7.05 Å². The van der Waals surface area contributed by atoms with Crippen molar-refractivity contribution >= 4 is 23.5 Å². The molecule has 0 aliphatic heterocycles. The van der Waals surface area contributed by atoms with E-state index in [1.807, 2.05) is 30.3 Å². The summed E-state index contributed by atoms with van der Waals surface area (Å²) >= 11 is 5.87. The van der Waals surface area contributed by atoms with Gasteiger partial charge in [-0.15, -0.1) is 0 Å². The summed E-state index contributed by atoms with van der Waals surface area (Å²) in [6, 6.07) is 9.57. The first kappa shape index (κ1) is 12.3. The van der Waals surface area contributed by atoms with Crippen molar-refractivity contribution in [2.75, 3.05) is 5.43 Å². The van der Waals surface area contributed by atoms with Crippen LogP contribution in [-0.4, -0.2) is 16.0 Å². The van der Waals surface area contributed by atoms with Crippen LogP contribution >= 0.6 is 11.6 Å². The van der Waals surface area contributed by atoms with Gasteiger partial charge in [0.05, 0.1) is 12.4 Å². The highest BCUT2D eigenvalue weighted by Crippen LogP contribution is 2.14. The Morgan fingerprint density at radius 2 is 2.11 bits per heavy atom. The highest BCUT2D eigenvalue weighted by atomic mass is 35.5. The Labute approximate surface area is 109 Å². The number of nitrogens with one attached hydrogen (secondary N) is 1. The molecule has 0 amide bonds. The van der Waals surface area contributed by atoms with E-state index in [1.165, 1.54) is 13.2 Å². The molecule has 6 heteroatoms. The molecule has 92 valence electrons. The smallest absolute Gasteiger partial charge is 0.275 e. The number of aryl methyl sites for hydroxylation is 1. The Hall–Kier alpha value is -2.14. The van der Waals surface area contributed by atoms with Gasteiger partial charge in [0, 0.05) is 7.05 Å². The first-order chi connectivity index (χ1) is 8.68. The molecule has 0 saturated heterocycles. The minimum Gasteiger partial charge on any atom is -0.275 e. The van der Waals surface area contributed by atoms with E-state index in [-0.39, 0.29) is 10.6 Å². The van der Waals surface area contributed by atoms with Crippen LogP contribution in [0.5, 0.6) is 0 Å². The lowest BCUT2D eigenvalue weighted by molar-refractivity contribution is 0.708. The van der Waals surface area contributed by atoms with Crippen molar-refractivity contribution in [1.29, 1.82) is 0 Å². The van der Waals surface area contributed by atoms with Crippen molar-refractivity contribution in [3.05, 3.63) is 57.5 Å². The molecular weight excluding hydrogens is 252 g/mol. The number of rotatable bonds is 3. The summed E-state index contributed by atoms with van der Waals surface area (Å²) in [5, 5.41) is 7.91. The molecule has 0 aliphatic carbocycles. The maximum Gasteiger partial charge on any atom is 0.287 e. The highest BCUT2D eigenvalue weighted by molar-refractivity contribution is 6.32. The lowest BCUT2D eigenvalue weighted by Crippen LogP contribution is -2.20. The number of halogens is 1. The van der Waals surface area contributed by atoms with Gasteiger partial charge >= 0.3 is 0 Å². The van der Waals surface area contributed by atoms with E-state index < -0.39 is 0 Å². The molecule has 2 aromatic rings. The summed E-state index contributed by atoms with van der Waals surface area (Å²) in [6.45, 7) is 0. The van der Waals surface area contributed by atoms with Crippen molar-refractivity contribution in [2.24, 2.45) is 12.1 Å². The number of aromatic nitrogens is 2. The van der Waals surface area contributed by atoms with Crippen LogP contribution < -0.4 is 11.0 Å². The topological polar surface area (TPSA) is 59.3 Å². The minimum atomic E-state index is -0.364. The Bertz CT molecular complexity index is 622. The quantitative estimate of drug-likeness (QED) is 0.679. The largest absolute Gasteiger partial charge is 0.287 e. The van der Waals surface area contributed by atoms with Crippen LogP contribution in [0.25, 0.3) is 0 Å². The van der Waals surface area contributed by atoms with Crippen molar-refractivity contribution in [3.8, 4) is 0 Å². The molecule has 0 spiro atoms. The summed E-state index contributed by atoms with van der Waals surface area (Å²) in [5.74, 6) is 0. The molecule has 1 N–H and O–H groups in total. The molecule has 1 heterocycles. The second-order valence-corrected chi connectivity index (χ2v) is 3.96. The fraction of sp³-hybridized carbons (Fsp3) is 0.0833. The van der Waals surface area contributed by atoms with Gasteiger partial charge in [-0.1, -0.05) is 41.9 Å². The first-order valence-electron chi connectivity index (χ1n) is 5.24. The molecular formula is C12H11ClN4O. The van der Waals surface area contributed by atoms with Crippen LogP contribution in [0.15, 0.2) is 46.4 Å². The van der Waals surface area contributed by atoms with Crippen molar-refractivity contribution in [3.63, 3.8) is 0 Å². The molecule has 0 fully saturated rings. The second-order valence-electron chi connectivity index (χ2n) is 3.58. The second kappa shape index (κ2) is 5.46. The van der Waals surface area contributed by atoms with Crippen molar-refractivity contribution in [2.45, 2.75) is 0 Å². The van der Waals surface area contributed by atoms with Crippen molar-refractivity contribution < 1.29 is 0 Å². The highest BCUT2D eigenvalue weighted by Gasteiger charge is 2.05. The van der Waals surface area contributed by atoms with Crippen LogP contribution in [0.4, 0.5) is 5.69 Å². The number of anilines is 1. The maximum atomic E-state index is 11.5. The average Bonchev–Trinajstić information content (AvgIpc) is 2.40. The molecule has 0 bridgehead atoms. The molecule has 1 aromatic carbocycles. The van der Waals surface area contributed by atoms with E-state index >= 15 is 0 Å². The summed E-state index contributed by atoms with van der Waals surface area (Å²) in [5.41, 5.74) is 3.65. The zero-order valence-corrected chi connectivity index (χ0v) is 10.4. The number of nitrogens with zero attached hydrogens (tertiary/aromatic N) is 3. The van der Waals surface area contributed by atoms with E-state index in [0.717, 1.165) is 10.2 Å². The molecule has 0 aliphatic rings. The fourth-order valence-corrected chi connectivity index (χ4v) is 1.52. The van der Waals surface area contributed by atoms with E-state index in [0.29, 0.717) is 5.69 Å². The van der Waals surface area contributed by atoms with Crippen molar-refractivity contribution in [1.82, 2.24) is 9.78 Å². The van der Waals surface area contributed by atoms with Gasteiger partial charge in [0.1, 0.15) is 10.7 Å². The van der Waals surface area contributed by atoms with Gasteiger partial charge in [-0.2, -0.15) is 10.2 Å². The molecule has 0 radical (unpaired) electrons. The number of hydrazone groups is 1. The van der Waals surface area contributed by atoms with Gasteiger partial charge in [0.25, 0.3) is 5.56 Å². The molecule has 18 heavy (non-hydrogen) atoms. The summed E-state index contributed by atoms with van der Waals surface area (Å²) in [4.78, 5) is 11.5. The van der Waals surface area contributed by atoms with Crippen LogP contribution in [0, 0.1) is 0 Å². The van der Waals surface area contributed by atoms with E-state index in [4.69, 9.17) is 11.6 Å². The maximum absolute atomic E-state index is 11.5. The van der Waals surface area contributed by atoms with Gasteiger partial charge in [-0.3, -0.25) is 10.2 Å². The number of benzene rings is 1. The van der Waals surface area contributed by atoms with Crippen LogP contribution in [0.3, 0.4) is 0 Å². The van der Waals surface area contributed by atoms with Gasteiger partial charge in [-0.25, -0.2) is 4.68 Å². The van der Waals surface area contributed by atoms with Gasteiger partial charge in [0.2, 0.25) is 0 Å². The van der Waals surface area contributed by atoms with Crippen LogP contribution in [0.1, 0.15) is 5.56 Å². The van der Waals surface area contributed by atoms with E-state index in [1.54, 1.807) is 6.21 Å². The van der Waals surface area contributed by atoms with Gasteiger partial charge < -0.3 is 0 Å². The van der Waals surface area contributed by atoms with Crippen LogP contribution in [0.2, 0.25) is 5.02 Å².